The lowest BCUT2D eigenvalue weighted by Crippen LogP contribution is -2.15. The number of nitrogens with one attached hydrogen (secondary N) is 1. The summed E-state index contributed by atoms with van der Waals surface area (Å²) in [5, 5.41) is 7.11. The fourth-order valence-electron chi connectivity index (χ4n) is 1.42. The minimum absolute atomic E-state index is 0.0372. The summed E-state index contributed by atoms with van der Waals surface area (Å²) in [7, 11) is -3.90. The van der Waals surface area contributed by atoms with Crippen LogP contribution in [0.5, 0.6) is 0 Å². The zero-order valence-corrected chi connectivity index (χ0v) is 12.2. The average Bonchev–Trinajstić information content (AvgIpc) is 2.45. The van der Waals surface area contributed by atoms with Gasteiger partial charge in [0.25, 0.3) is 16.0 Å². The molecule has 0 aliphatic rings. The number of anilines is 1. The second kappa shape index (κ2) is 6.49. The predicted molar refractivity (Wildman–Crippen MR) is 78.0 cm³/mol. The molecule has 0 atom stereocenters. The van der Waals surface area contributed by atoms with E-state index in [-0.39, 0.29) is 22.4 Å². The molecule has 0 aliphatic carbocycles. The van der Waals surface area contributed by atoms with Crippen molar-refractivity contribution < 1.29 is 8.42 Å². The van der Waals surface area contributed by atoms with Gasteiger partial charge in [-0.15, -0.1) is 5.10 Å². The van der Waals surface area contributed by atoms with Gasteiger partial charge in [-0.2, -0.15) is 5.10 Å². The van der Waals surface area contributed by atoms with Crippen LogP contribution in [0.3, 0.4) is 0 Å². The van der Waals surface area contributed by atoms with Crippen LogP contribution >= 0.6 is 11.6 Å². The molecule has 2 aromatic rings. The molecule has 108 valence electrons. The summed E-state index contributed by atoms with van der Waals surface area (Å²) in [6.07, 6.45) is 2.65. The Balaban J connectivity index is 2.32. The lowest BCUT2D eigenvalue weighted by atomic mass is 10.2. The number of benzene rings is 1. The Morgan fingerprint density at radius 3 is 2.76 bits per heavy atom. The van der Waals surface area contributed by atoms with Crippen molar-refractivity contribution in [3.05, 3.63) is 41.2 Å². The Labute approximate surface area is 126 Å². The van der Waals surface area contributed by atoms with E-state index in [0.29, 0.717) is 5.56 Å². The van der Waals surface area contributed by atoms with Crippen LogP contribution in [-0.4, -0.2) is 30.1 Å². The van der Waals surface area contributed by atoms with Gasteiger partial charge in [0.1, 0.15) is 4.90 Å². The third kappa shape index (κ3) is 3.88. The van der Waals surface area contributed by atoms with Crippen LogP contribution in [0, 0.1) is 11.8 Å². The molecule has 0 unspecified atom stereocenters. The van der Waals surface area contributed by atoms with Crippen LogP contribution in [0.2, 0.25) is 5.02 Å². The number of hydrogen-bond acceptors (Lipinski definition) is 6. The van der Waals surface area contributed by atoms with Gasteiger partial charge in [-0.3, -0.25) is 0 Å². The van der Waals surface area contributed by atoms with Gasteiger partial charge in [-0.1, -0.05) is 23.4 Å². The van der Waals surface area contributed by atoms with Crippen molar-refractivity contribution in [2.24, 2.45) is 5.73 Å². The first-order chi connectivity index (χ1) is 10.0. The second-order valence-electron chi connectivity index (χ2n) is 3.72. The SMILES string of the molecule is NCC#Cc1ccc(S(=O)(=O)Nc2nccnn2)c(Cl)c1. The fourth-order valence-corrected chi connectivity index (χ4v) is 2.91. The lowest BCUT2D eigenvalue weighted by Gasteiger charge is -2.07. The molecule has 0 saturated heterocycles. The molecule has 21 heavy (non-hydrogen) atoms. The van der Waals surface area contributed by atoms with Gasteiger partial charge in [0.15, 0.2) is 0 Å². The van der Waals surface area contributed by atoms with E-state index in [4.69, 9.17) is 17.3 Å². The third-order valence-electron chi connectivity index (χ3n) is 2.26. The Hall–Kier alpha value is -2.21. The maximum atomic E-state index is 12.2. The highest BCUT2D eigenvalue weighted by Crippen LogP contribution is 2.23. The quantitative estimate of drug-likeness (QED) is 0.802. The summed E-state index contributed by atoms with van der Waals surface area (Å²) in [5.74, 6) is 5.28. The molecule has 0 bridgehead atoms. The molecular formula is C12H10ClN5O2S. The van der Waals surface area contributed by atoms with E-state index in [1.54, 1.807) is 0 Å². The standard InChI is InChI=1S/C12H10ClN5O2S/c13-10-8-9(2-1-5-14)3-4-11(10)21(19,20)18-12-15-6-7-16-17-12/h3-4,6-8H,5,14H2,(H,15,17,18). The summed E-state index contributed by atoms with van der Waals surface area (Å²) >= 11 is 5.98. The van der Waals surface area contributed by atoms with Gasteiger partial charge in [-0.05, 0) is 18.2 Å². The van der Waals surface area contributed by atoms with Crippen molar-refractivity contribution in [1.29, 1.82) is 0 Å². The third-order valence-corrected chi connectivity index (χ3v) is 4.08. The number of nitrogens with zero attached hydrogens (tertiary/aromatic N) is 3. The summed E-state index contributed by atoms with van der Waals surface area (Å²) < 4.78 is 26.6. The van der Waals surface area contributed by atoms with Crippen LogP contribution in [0.15, 0.2) is 35.5 Å². The Bertz CT molecular complexity index is 799. The van der Waals surface area contributed by atoms with Gasteiger partial charge in [0.2, 0.25) is 0 Å². The van der Waals surface area contributed by atoms with E-state index in [0.717, 1.165) is 0 Å². The summed E-state index contributed by atoms with van der Waals surface area (Å²) in [6.45, 7) is 0.206. The minimum atomic E-state index is -3.90. The molecule has 0 saturated carbocycles. The maximum absolute atomic E-state index is 12.2. The van der Waals surface area contributed by atoms with Crippen molar-refractivity contribution in [3.63, 3.8) is 0 Å². The zero-order valence-electron chi connectivity index (χ0n) is 10.6. The van der Waals surface area contributed by atoms with E-state index in [9.17, 15) is 8.42 Å². The highest BCUT2D eigenvalue weighted by molar-refractivity contribution is 7.92. The van der Waals surface area contributed by atoms with E-state index in [1.165, 1.54) is 30.6 Å². The van der Waals surface area contributed by atoms with Crippen molar-refractivity contribution >= 4 is 27.6 Å². The van der Waals surface area contributed by atoms with E-state index in [1.807, 2.05) is 0 Å². The van der Waals surface area contributed by atoms with Crippen molar-refractivity contribution in [3.8, 4) is 11.8 Å². The molecule has 9 heteroatoms. The fraction of sp³-hybridized carbons (Fsp3) is 0.0833. The molecule has 1 aromatic heterocycles. The molecule has 7 nitrogen and oxygen atoms in total. The van der Waals surface area contributed by atoms with Crippen LogP contribution < -0.4 is 10.5 Å². The Morgan fingerprint density at radius 2 is 2.14 bits per heavy atom. The molecular weight excluding hydrogens is 314 g/mol. The van der Waals surface area contributed by atoms with Gasteiger partial charge in [0, 0.05) is 5.56 Å². The first-order valence-corrected chi connectivity index (χ1v) is 7.54. The average molecular weight is 324 g/mol. The number of rotatable bonds is 3. The first-order valence-electron chi connectivity index (χ1n) is 5.68. The number of halogens is 1. The second-order valence-corrected chi connectivity index (χ2v) is 5.78. The van der Waals surface area contributed by atoms with Crippen LogP contribution in [-0.2, 0) is 10.0 Å². The molecule has 1 heterocycles. The zero-order chi connectivity index (χ0) is 15.3. The minimum Gasteiger partial charge on any atom is -0.320 e. The molecule has 0 aliphatic heterocycles. The molecule has 0 fully saturated rings. The molecule has 0 spiro atoms. The Kier molecular flexibility index (Phi) is 4.70. The van der Waals surface area contributed by atoms with Crippen LogP contribution in [0.1, 0.15) is 5.56 Å². The largest absolute Gasteiger partial charge is 0.320 e. The normalized spacial score (nSPS) is 10.6. The highest BCUT2D eigenvalue weighted by Gasteiger charge is 2.19. The Morgan fingerprint density at radius 1 is 1.33 bits per heavy atom. The molecule has 0 amide bonds. The summed E-state index contributed by atoms with van der Waals surface area (Å²) in [6, 6.07) is 4.33. The molecule has 0 radical (unpaired) electrons. The topological polar surface area (TPSA) is 111 Å². The van der Waals surface area contributed by atoms with Crippen molar-refractivity contribution in [2.45, 2.75) is 4.90 Å². The van der Waals surface area contributed by atoms with Crippen molar-refractivity contribution in [1.82, 2.24) is 15.2 Å². The number of sulfonamides is 1. The van der Waals surface area contributed by atoms with Gasteiger partial charge >= 0.3 is 0 Å². The van der Waals surface area contributed by atoms with Gasteiger partial charge < -0.3 is 5.73 Å². The van der Waals surface area contributed by atoms with E-state index < -0.39 is 10.0 Å². The predicted octanol–water partition coefficient (Wildman–Crippen LogP) is 0.636. The smallest absolute Gasteiger partial charge is 0.265 e. The van der Waals surface area contributed by atoms with Crippen LogP contribution in [0.4, 0.5) is 5.95 Å². The molecule has 2 rings (SSSR count). The van der Waals surface area contributed by atoms with E-state index >= 15 is 0 Å². The number of aromatic nitrogens is 3. The molecule has 1 aromatic carbocycles. The summed E-state index contributed by atoms with van der Waals surface area (Å²) in [5.41, 5.74) is 5.84. The van der Waals surface area contributed by atoms with Crippen LogP contribution in [0.25, 0.3) is 0 Å². The first kappa shape index (κ1) is 15.2. The number of nitrogens with two attached hydrogens (primary N) is 1. The monoisotopic (exact) mass is 323 g/mol. The van der Waals surface area contributed by atoms with Gasteiger partial charge in [-0.25, -0.2) is 18.1 Å². The highest BCUT2D eigenvalue weighted by atomic mass is 35.5. The van der Waals surface area contributed by atoms with Gasteiger partial charge in [0.05, 0.1) is 24.0 Å². The molecule has 3 N–H and O–H groups in total. The van der Waals surface area contributed by atoms with E-state index in [2.05, 4.69) is 31.7 Å². The number of hydrogen-bond donors (Lipinski definition) is 2. The lowest BCUT2D eigenvalue weighted by molar-refractivity contribution is 0.600. The van der Waals surface area contributed by atoms with Crippen molar-refractivity contribution in [2.75, 3.05) is 11.3 Å². The maximum Gasteiger partial charge on any atom is 0.265 e. The summed E-state index contributed by atoms with van der Waals surface area (Å²) in [4.78, 5) is 3.63.